The molecule has 1 rings (SSSR count). The van der Waals surface area contributed by atoms with Crippen molar-refractivity contribution < 1.29 is 9.53 Å². The van der Waals surface area contributed by atoms with Crippen LogP contribution in [0.4, 0.5) is 0 Å². The van der Waals surface area contributed by atoms with Gasteiger partial charge in [-0.25, -0.2) is 14.8 Å². The number of hydrogen-bond acceptors (Lipinski definition) is 4. The van der Waals surface area contributed by atoms with Crippen molar-refractivity contribution in [1.29, 1.82) is 0 Å². The second-order valence-electron chi connectivity index (χ2n) is 3.25. The van der Waals surface area contributed by atoms with E-state index in [2.05, 4.69) is 9.97 Å². The average Bonchev–Trinajstić information content (AvgIpc) is 2.31. The summed E-state index contributed by atoms with van der Waals surface area (Å²) in [6.07, 6.45) is 4.03. The largest absolute Gasteiger partial charge is 0.463 e. The summed E-state index contributed by atoms with van der Waals surface area (Å²) >= 11 is 0. The lowest BCUT2D eigenvalue weighted by molar-refractivity contribution is -0.138. The van der Waals surface area contributed by atoms with Crippen LogP contribution < -0.4 is 0 Å². The molecular weight excluding hydrogens is 204 g/mol. The Labute approximate surface area is 95.4 Å². The van der Waals surface area contributed by atoms with Gasteiger partial charge in [-0.2, -0.15) is 0 Å². The molecule has 1 heterocycles. The second-order valence-corrected chi connectivity index (χ2v) is 3.25. The number of hydrogen-bond donors (Lipinski definition) is 0. The Hall–Kier alpha value is -1.71. The van der Waals surface area contributed by atoms with Gasteiger partial charge in [0.25, 0.3) is 0 Å². The highest BCUT2D eigenvalue weighted by Gasteiger charge is 2.13. The van der Waals surface area contributed by atoms with Gasteiger partial charge in [-0.1, -0.05) is 6.92 Å². The van der Waals surface area contributed by atoms with Gasteiger partial charge in [-0.15, -0.1) is 0 Å². The molecule has 86 valence electrons. The summed E-state index contributed by atoms with van der Waals surface area (Å²) in [6.45, 7) is 5.88. The zero-order chi connectivity index (χ0) is 12.0. The molecule has 0 aliphatic carbocycles. The molecule has 0 aliphatic rings. The van der Waals surface area contributed by atoms with Crippen LogP contribution in [0.3, 0.4) is 0 Å². The Bertz CT molecular complexity index is 385. The fourth-order valence-electron chi connectivity index (χ4n) is 1.41. The van der Waals surface area contributed by atoms with E-state index in [1.165, 1.54) is 0 Å². The molecule has 16 heavy (non-hydrogen) atoms. The van der Waals surface area contributed by atoms with E-state index in [4.69, 9.17) is 4.74 Å². The van der Waals surface area contributed by atoms with Crippen molar-refractivity contribution in [2.45, 2.75) is 27.2 Å². The monoisotopic (exact) mass is 220 g/mol. The van der Waals surface area contributed by atoms with Crippen LogP contribution in [-0.2, 0) is 9.53 Å². The Morgan fingerprint density at radius 1 is 1.31 bits per heavy atom. The van der Waals surface area contributed by atoms with Crippen molar-refractivity contribution in [2.75, 3.05) is 6.61 Å². The standard InChI is InChI=1S/C12H16N2O2/c1-4-10(9(3)12(15)16-5-2)11-13-7-6-8-14-11/h6-8H,4-5H2,1-3H3/b10-9+. The van der Waals surface area contributed by atoms with E-state index in [9.17, 15) is 4.79 Å². The first-order valence-corrected chi connectivity index (χ1v) is 5.34. The predicted octanol–water partition coefficient (Wildman–Crippen LogP) is 2.22. The quantitative estimate of drug-likeness (QED) is 0.576. The lowest BCUT2D eigenvalue weighted by Crippen LogP contribution is -2.08. The molecule has 0 saturated carbocycles. The van der Waals surface area contributed by atoms with Crippen molar-refractivity contribution >= 4 is 11.5 Å². The van der Waals surface area contributed by atoms with Crippen molar-refractivity contribution in [2.24, 2.45) is 0 Å². The first-order chi connectivity index (χ1) is 7.70. The Morgan fingerprint density at radius 2 is 1.94 bits per heavy atom. The zero-order valence-corrected chi connectivity index (χ0v) is 9.86. The molecule has 0 radical (unpaired) electrons. The van der Waals surface area contributed by atoms with E-state index < -0.39 is 0 Å². The van der Waals surface area contributed by atoms with Crippen molar-refractivity contribution in [1.82, 2.24) is 9.97 Å². The van der Waals surface area contributed by atoms with Crippen LogP contribution >= 0.6 is 0 Å². The number of carbonyl (C=O) groups excluding carboxylic acids is 1. The van der Waals surface area contributed by atoms with Crippen LogP contribution in [0.5, 0.6) is 0 Å². The lowest BCUT2D eigenvalue weighted by Gasteiger charge is -2.08. The van der Waals surface area contributed by atoms with Gasteiger partial charge < -0.3 is 4.74 Å². The Morgan fingerprint density at radius 3 is 2.44 bits per heavy atom. The highest BCUT2D eigenvalue weighted by molar-refractivity contribution is 5.96. The molecule has 0 aliphatic heterocycles. The van der Waals surface area contributed by atoms with Crippen molar-refractivity contribution in [3.05, 3.63) is 29.9 Å². The third-order valence-corrected chi connectivity index (χ3v) is 2.22. The normalized spacial score (nSPS) is 11.9. The van der Waals surface area contributed by atoms with Gasteiger partial charge in [0.2, 0.25) is 0 Å². The Kier molecular flexibility index (Phi) is 4.64. The molecule has 0 unspecified atom stereocenters. The number of carbonyl (C=O) groups is 1. The van der Waals surface area contributed by atoms with Crippen LogP contribution in [0.2, 0.25) is 0 Å². The maximum Gasteiger partial charge on any atom is 0.334 e. The summed E-state index contributed by atoms with van der Waals surface area (Å²) < 4.78 is 4.96. The first kappa shape index (κ1) is 12.4. The second kappa shape index (κ2) is 6.00. The van der Waals surface area contributed by atoms with E-state index in [0.717, 1.165) is 5.57 Å². The molecule has 0 N–H and O–H groups in total. The average molecular weight is 220 g/mol. The molecule has 0 amide bonds. The number of aromatic nitrogens is 2. The lowest BCUT2D eigenvalue weighted by atomic mass is 10.1. The van der Waals surface area contributed by atoms with Crippen LogP contribution in [0, 0.1) is 0 Å². The highest BCUT2D eigenvalue weighted by atomic mass is 16.5. The summed E-state index contributed by atoms with van der Waals surface area (Å²) in [6, 6.07) is 1.75. The molecule has 0 spiro atoms. The summed E-state index contributed by atoms with van der Waals surface area (Å²) in [5, 5.41) is 0. The maximum atomic E-state index is 11.6. The molecule has 0 saturated heterocycles. The minimum absolute atomic E-state index is 0.299. The summed E-state index contributed by atoms with van der Waals surface area (Å²) in [4.78, 5) is 19.9. The van der Waals surface area contributed by atoms with Gasteiger partial charge in [0.15, 0.2) is 5.82 Å². The van der Waals surface area contributed by atoms with Crippen LogP contribution in [0.25, 0.3) is 5.57 Å². The van der Waals surface area contributed by atoms with E-state index in [0.29, 0.717) is 24.4 Å². The summed E-state index contributed by atoms with van der Waals surface area (Å²) in [5.74, 6) is 0.294. The fraction of sp³-hybridized carbons (Fsp3) is 0.417. The van der Waals surface area contributed by atoms with Gasteiger partial charge in [-0.05, 0) is 26.3 Å². The number of nitrogens with zero attached hydrogens (tertiary/aromatic N) is 2. The molecular formula is C12H16N2O2. The van der Waals surface area contributed by atoms with Crippen LogP contribution in [0.1, 0.15) is 33.0 Å². The van der Waals surface area contributed by atoms with E-state index in [1.54, 1.807) is 32.3 Å². The fourth-order valence-corrected chi connectivity index (χ4v) is 1.41. The third-order valence-electron chi connectivity index (χ3n) is 2.22. The Balaban J connectivity index is 3.05. The van der Waals surface area contributed by atoms with Gasteiger partial charge in [-0.3, -0.25) is 0 Å². The van der Waals surface area contributed by atoms with Crippen molar-refractivity contribution in [3.8, 4) is 0 Å². The van der Waals surface area contributed by atoms with E-state index >= 15 is 0 Å². The highest BCUT2D eigenvalue weighted by Crippen LogP contribution is 2.18. The van der Waals surface area contributed by atoms with Crippen molar-refractivity contribution in [3.63, 3.8) is 0 Å². The smallest absolute Gasteiger partial charge is 0.334 e. The minimum Gasteiger partial charge on any atom is -0.463 e. The predicted molar refractivity (Wildman–Crippen MR) is 61.6 cm³/mol. The van der Waals surface area contributed by atoms with E-state index in [-0.39, 0.29) is 5.97 Å². The SMILES string of the molecule is CCOC(=O)/C(C)=C(\CC)c1ncccn1. The third kappa shape index (κ3) is 2.89. The maximum absolute atomic E-state index is 11.6. The molecule has 4 heteroatoms. The minimum atomic E-state index is -0.299. The number of esters is 1. The van der Waals surface area contributed by atoms with Crippen LogP contribution in [-0.4, -0.2) is 22.5 Å². The number of ether oxygens (including phenoxy) is 1. The van der Waals surface area contributed by atoms with Crippen LogP contribution in [0.15, 0.2) is 24.0 Å². The molecule has 1 aromatic rings. The zero-order valence-electron chi connectivity index (χ0n) is 9.86. The van der Waals surface area contributed by atoms with Gasteiger partial charge in [0.1, 0.15) is 0 Å². The molecule has 0 bridgehead atoms. The summed E-state index contributed by atoms with van der Waals surface area (Å²) in [5.41, 5.74) is 1.41. The summed E-state index contributed by atoms with van der Waals surface area (Å²) in [7, 11) is 0. The number of allylic oxidation sites excluding steroid dienone is 1. The molecule has 1 aromatic heterocycles. The molecule has 0 fully saturated rings. The molecule has 4 nitrogen and oxygen atoms in total. The number of rotatable bonds is 4. The van der Waals surface area contributed by atoms with Gasteiger partial charge >= 0.3 is 5.97 Å². The first-order valence-electron chi connectivity index (χ1n) is 5.34. The molecule has 0 atom stereocenters. The van der Waals surface area contributed by atoms with Gasteiger partial charge in [0, 0.05) is 23.5 Å². The topological polar surface area (TPSA) is 52.1 Å². The van der Waals surface area contributed by atoms with Gasteiger partial charge in [0.05, 0.1) is 6.61 Å². The van der Waals surface area contributed by atoms with E-state index in [1.807, 2.05) is 6.92 Å². The molecule has 0 aromatic carbocycles.